The third-order valence-electron chi connectivity index (χ3n) is 6.22. The van der Waals surface area contributed by atoms with E-state index >= 15 is 0 Å². The van der Waals surface area contributed by atoms with Gasteiger partial charge >= 0.3 is 0 Å². The van der Waals surface area contributed by atoms with Gasteiger partial charge in [0.05, 0.1) is 18.3 Å². The van der Waals surface area contributed by atoms with Gasteiger partial charge in [0.15, 0.2) is 0 Å². The molecule has 4 N–H and O–H groups in total. The summed E-state index contributed by atoms with van der Waals surface area (Å²) in [6.45, 7) is 7.21. The van der Waals surface area contributed by atoms with E-state index < -0.39 is 22.7 Å². The summed E-state index contributed by atoms with van der Waals surface area (Å²) >= 11 is 0. The summed E-state index contributed by atoms with van der Waals surface area (Å²) in [5.74, 6) is 0. The van der Waals surface area contributed by atoms with Crippen molar-refractivity contribution in [2.24, 2.45) is 10.8 Å². The molecule has 0 spiro atoms. The highest BCUT2D eigenvalue weighted by atomic mass is 16.4. The molecule has 0 aromatic carbocycles. The van der Waals surface area contributed by atoms with Crippen LogP contribution in [0.2, 0.25) is 0 Å². The van der Waals surface area contributed by atoms with Crippen molar-refractivity contribution in [3.05, 3.63) is 11.6 Å². The summed E-state index contributed by atoms with van der Waals surface area (Å²) in [5.41, 5.74) is -2.85. The standard InChI is InChI=1S/C16H28O4/c1-13(2,19)16(20)12(18)9-14(3)7-5-11(10-17)6-8-15(14,16)4/h5,12,17-20H,6-10H2,1-4H3/t12-,14-,15+,16+/m0/s1. The fraction of sp³-hybridized carbons (Fsp3) is 0.875. The van der Waals surface area contributed by atoms with Crippen LogP contribution >= 0.6 is 0 Å². The Labute approximate surface area is 121 Å². The summed E-state index contributed by atoms with van der Waals surface area (Å²) in [7, 11) is 0. The molecule has 2 rings (SSSR count). The van der Waals surface area contributed by atoms with E-state index in [2.05, 4.69) is 6.92 Å². The Balaban J connectivity index is 2.52. The van der Waals surface area contributed by atoms with Crippen LogP contribution in [0.3, 0.4) is 0 Å². The van der Waals surface area contributed by atoms with Gasteiger partial charge in [0.1, 0.15) is 5.60 Å². The third-order valence-corrected chi connectivity index (χ3v) is 6.22. The maximum absolute atomic E-state index is 11.2. The van der Waals surface area contributed by atoms with Crippen LogP contribution in [-0.2, 0) is 0 Å². The molecule has 0 amide bonds. The predicted octanol–water partition coefficient (Wildman–Crippen LogP) is 1.37. The highest BCUT2D eigenvalue weighted by Crippen LogP contribution is 2.66. The van der Waals surface area contributed by atoms with Gasteiger partial charge in [-0.25, -0.2) is 0 Å². The van der Waals surface area contributed by atoms with Crippen LogP contribution in [0.15, 0.2) is 11.6 Å². The molecule has 116 valence electrons. The minimum absolute atomic E-state index is 0.0374. The number of rotatable bonds is 2. The molecule has 1 fully saturated rings. The first kappa shape index (κ1) is 16.0. The summed E-state index contributed by atoms with van der Waals surface area (Å²) in [6, 6.07) is 0. The zero-order chi connectivity index (χ0) is 15.4. The lowest BCUT2D eigenvalue weighted by molar-refractivity contribution is -0.233. The topological polar surface area (TPSA) is 80.9 Å². The number of aliphatic hydroxyl groups is 4. The minimum atomic E-state index is -1.55. The molecule has 2 aliphatic rings. The van der Waals surface area contributed by atoms with Crippen LogP contribution in [0, 0.1) is 10.8 Å². The Morgan fingerprint density at radius 2 is 1.95 bits per heavy atom. The molecule has 4 nitrogen and oxygen atoms in total. The summed E-state index contributed by atoms with van der Waals surface area (Å²) in [5, 5.41) is 41.6. The van der Waals surface area contributed by atoms with Crippen LogP contribution in [0.4, 0.5) is 0 Å². The molecule has 1 saturated carbocycles. The van der Waals surface area contributed by atoms with E-state index in [4.69, 9.17) is 0 Å². The Kier molecular flexibility index (Phi) is 3.62. The first-order valence-electron chi connectivity index (χ1n) is 7.43. The van der Waals surface area contributed by atoms with Crippen molar-refractivity contribution in [2.45, 2.75) is 70.7 Å². The van der Waals surface area contributed by atoms with E-state index in [1.165, 1.54) is 0 Å². The zero-order valence-electron chi connectivity index (χ0n) is 13.0. The second-order valence-electron chi connectivity index (χ2n) is 7.66. The van der Waals surface area contributed by atoms with Crippen molar-refractivity contribution in [2.75, 3.05) is 6.61 Å². The van der Waals surface area contributed by atoms with Crippen LogP contribution in [0.25, 0.3) is 0 Å². The van der Waals surface area contributed by atoms with Crippen molar-refractivity contribution >= 4 is 0 Å². The van der Waals surface area contributed by atoms with E-state index in [1.807, 2.05) is 13.0 Å². The Bertz CT molecular complexity index is 425. The van der Waals surface area contributed by atoms with Gasteiger partial charge in [-0.05, 0) is 50.5 Å². The first-order valence-corrected chi connectivity index (χ1v) is 7.43. The summed E-state index contributed by atoms with van der Waals surface area (Å²) in [4.78, 5) is 0. The quantitative estimate of drug-likeness (QED) is 0.577. The highest BCUT2D eigenvalue weighted by molar-refractivity contribution is 5.25. The molecular weight excluding hydrogens is 256 g/mol. The second-order valence-corrected chi connectivity index (χ2v) is 7.66. The normalized spacial score (nSPS) is 45.8. The van der Waals surface area contributed by atoms with Gasteiger partial charge in [0, 0.05) is 5.41 Å². The van der Waals surface area contributed by atoms with Crippen molar-refractivity contribution < 1.29 is 20.4 Å². The fourth-order valence-electron chi connectivity index (χ4n) is 4.54. The molecule has 20 heavy (non-hydrogen) atoms. The maximum atomic E-state index is 11.2. The molecule has 0 aromatic rings. The smallest absolute Gasteiger partial charge is 0.124 e. The number of hydrogen-bond donors (Lipinski definition) is 4. The largest absolute Gasteiger partial charge is 0.392 e. The second kappa shape index (κ2) is 4.54. The molecule has 0 unspecified atom stereocenters. The van der Waals surface area contributed by atoms with Crippen molar-refractivity contribution in [1.29, 1.82) is 0 Å². The molecular formula is C16H28O4. The molecule has 0 radical (unpaired) electrons. The average Bonchev–Trinajstić information content (AvgIpc) is 2.44. The Hall–Kier alpha value is -0.420. The van der Waals surface area contributed by atoms with E-state index in [0.717, 1.165) is 5.57 Å². The zero-order valence-corrected chi connectivity index (χ0v) is 13.0. The maximum Gasteiger partial charge on any atom is 0.124 e. The molecule has 0 heterocycles. The Morgan fingerprint density at radius 3 is 2.45 bits per heavy atom. The van der Waals surface area contributed by atoms with Gasteiger partial charge in [0.25, 0.3) is 0 Å². The minimum Gasteiger partial charge on any atom is -0.392 e. The number of allylic oxidation sites excluding steroid dienone is 1. The van der Waals surface area contributed by atoms with Gasteiger partial charge in [-0.15, -0.1) is 0 Å². The van der Waals surface area contributed by atoms with Gasteiger partial charge < -0.3 is 20.4 Å². The lowest BCUT2D eigenvalue weighted by Gasteiger charge is -2.53. The first-order chi connectivity index (χ1) is 9.02. The average molecular weight is 284 g/mol. The van der Waals surface area contributed by atoms with E-state index in [0.29, 0.717) is 25.7 Å². The molecule has 4 heteroatoms. The molecule has 4 atom stereocenters. The monoisotopic (exact) mass is 284 g/mol. The summed E-state index contributed by atoms with van der Waals surface area (Å²) in [6.07, 6.45) is 3.59. The van der Waals surface area contributed by atoms with Crippen molar-refractivity contribution in [3.8, 4) is 0 Å². The number of hydrogen-bond acceptors (Lipinski definition) is 4. The van der Waals surface area contributed by atoms with Gasteiger partial charge in [-0.3, -0.25) is 0 Å². The number of aliphatic hydroxyl groups excluding tert-OH is 2. The van der Waals surface area contributed by atoms with Crippen LogP contribution < -0.4 is 0 Å². The lowest BCUT2D eigenvalue weighted by atomic mass is 9.56. The van der Waals surface area contributed by atoms with Crippen molar-refractivity contribution in [1.82, 2.24) is 0 Å². The summed E-state index contributed by atoms with van der Waals surface area (Å²) < 4.78 is 0. The van der Waals surface area contributed by atoms with E-state index in [9.17, 15) is 20.4 Å². The fourth-order valence-corrected chi connectivity index (χ4v) is 4.54. The van der Waals surface area contributed by atoms with Crippen LogP contribution in [0.1, 0.15) is 53.4 Å². The molecule has 0 aromatic heterocycles. The van der Waals surface area contributed by atoms with Gasteiger partial charge in [0.2, 0.25) is 0 Å². The Morgan fingerprint density at radius 1 is 1.35 bits per heavy atom. The number of fused-ring (bicyclic) bond motifs is 1. The van der Waals surface area contributed by atoms with Crippen LogP contribution in [0.5, 0.6) is 0 Å². The molecule has 0 aliphatic heterocycles. The van der Waals surface area contributed by atoms with Crippen LogP contribution in [-0.4, -0.2) is 44.3 Å². The lowest BCUT2D eigenvalue weighted by Crippen LogP contribution is -2.65. The van der Waals surface area contributed by atoms with Crippen molar-refractivity contribution in [3.63, 3.8) is 0 Å². The predicted molar refractivity (Wildman–Crippen MR) is 77.1 cm³/mol. The van der Waals surface area contributed by atoms with Gasteiger partial charge in [-0.1, -0.05) is 19.9 Å². The van der Waals surface area contributed by atoms with E-state index in [-0.39, 0.29) is 12.0 Å². The molecule has 0 bridgehead atoms. The highest BCUT2D eigenvalue weighted by Gasteiger charge is 2.71. The van der Waals surface area contributed by atoms with E-state index in [1.54, 1.807) is 13.8 Å². The van der Waals surface area contributed by atoms with Gasteiger partial charge in [-0.2, -0.15) is 0 Å². The third kappa shape index (κ3) is 1.82. The molecule has 0 saturated heterocycles. The molecule has 2 aliphatic carbocycles. The SMILES string of the molecule is CC(C)(O)[C@]1(O)[C@@H](O)C[C@]2(C)CC=C(CO)CC[C@]21C.